The molecule has 3 rings (SSSR count). The zero-order valence-corrected chi connectivity index (χ0v) is 17.1. The van der Waals surface area contributed by atoms with Crippen LogP contribution in [0.15, 0.2) is 59.0 Å². The molecule has 3 aromatic rings. The van der Waals surface area contributed by atoms with Crippen LogP contribution in [-0.4, -0.2) is 30.0 Å². The molecule has 0 bridgehead atoms. The maximum absolute atomic E-state index is 12.5. The molecule has 31 heavy (non-hydrogen) atoms. The maximum atomic E-state index is 12.5. The minimum atomic E-state index is -0.550. The molecule has 9 heteroatoms. The molecule has 0 fully saturated rings. The molecule has 0 radical (unpaired) electrons. The fourth-order valence-corrected chi connectivity index (χ4v) is 2.77. The molecule has 0 aliphatic carbocycles. The SMILES string of the molecule is COc1ccc(-c2ccc(C(=O)Nc3ccc(C(=O)OC(C)C)cc3)o2)c([N+](=O)[O-])c1. The van der Waals surface area contributed by atoms with Crippen LogP contribution in [0, 0.1) is 10.1 Å². The van der Waals surface area contributed by atoms with Crippen molar-refractivity contribution >= 4 is 23.3 Å². The first-order valence-electron chi connectivity index (χ1n) is 9.33. The van der Waals surface area contributed by atoms with Gasteiger partial charge in [0, 0.05) is 5.69 Å². The Morgan fingerprint density at radius 3 is 2.39 bits per heavy atom. The lowest BCUT2D eigenvalue weighted by molar-refractivity contribution is -0.384. The second-order valence-electron chi connectivity index (χ2n) is 6.79. The first-order valence-corrected chi connectivity index (χ1v) is 9.33. The molecule has 0 unspecified atom stereocenters. The molecule has 0 spiro atoms. The summed E-state index contributed by atoms with van der Waals surface area (Å²) in [7, 11) is 1.41. The van der Waals surface area contributed by atoms with E-state index in [1.807, 2.05) is 0 Å². The first kappa shape index (κ1) is 21.6. The van der Waals surface area contributed by atoms with Gasteiger partial charge < -0.3 is 19.2 Å². The summed E-state index contributed by atoms with van der Waals surface area (Å²) in [6, 6.07) is 13.4. The standard InChI is InChI=1S/C22H20N2O7/c1-13(2)30-22(26)14-4-6-15(7-5-14)23-21(25)20-11-10-19(31-20)17-9-8-16(29-3)12-18(17)24(27)28/h4-13H,1-3H3,(H,23,25). The Kier molecular flexibility index (Phi) is 6.35. The van der Waals surface area contributed by atoms with Gasteiger partial charge in [0.25, 0.3) is 11.6 Å². The summed E-state index contributed by atoms with van der Waals surface area (Å²) in [5.41, 5.74) is 0.820. The summed E-state index contributed by atoms with van der Waals surface area (Å²) >= 11 is 0. The number of nitro benzene ring substituents is 1. The molecule has 0 saturated heterocycles. The summed E-state index contributed by atoms with van der Waals surface area (Å²) in [5.74, 6) is -0.514. The van der Waals surface area contributed by atoms with Gasteiger partial charge in [0.05, 0.1) is 35.3 Å². The third-order valence-corrected chi connectivity index (χ3v) is 4.22. The van der Waals surface area contributed by atoms with Gasteiger partial charge in [0.15, 0.2) is 5.76 Å². The normalized spacial score (nSPS) is 10.6. The molecule has 2 aromatic carbocycles. The van der Waals surface area contributed by atoms with Crippen molar-refractivity contribution in [2.75, 3.05) is 12.4 Å². The summed E-state index contributed by atoms with van der Waals surface area (Å²) < 4.78 is 15.7. The van der Waals surface area contributed by atoms with Gasteiger partial charge in [-0.2, -0.15) is 0 Å². The molecule has 1 aromatic heterocycles. The van der Waals surface area contributed by atoms with E-state index in [4.69, 9.17) is 13.9 Å². The summed E-state index contributed by atoms with van der Waals surface area (Å²) in [6.45, 7) is 3.51. The van der Waals surface area contributed by atoms with Crippen LogP contribution in [-0.2, 0) is 4.74 Å². The van der Waals surface area contributed by atoms with Crippen LogP contribution in [0.5, 0.6) is 5.75 Å². The number of nitrogens with one attached hydrogen (secondary N) is 1. The Morgan fingerprint density at radius 2 is 1.77 bits per heavy atom. The number of esters is 1. The molecule has 160 valence electrons. The van der Waals surface area contributed by atoms with Crippen LogP contribution in [0.3, 0.4) is 0 Å². The molecule has 0 aliphatic heterocycles. The zero-order chi connectivity index (χ0) is 22.5. The molecule has 9 nitrogen and oxygen atoms in total. The second-order valence-corrected chi connectivity index (χ2v) is 6.79. The minimum Gasteiger partial charge on any atom is -0.497 e. The van der Waals surface area contributed by atoms with E-state index in [1.165, 1.54) is 43.5 Å². The average Bonchev–Trinajstić information content (AvgIpc) is 3.23. The number of benzene rings is 2. The van der Waals surface area contributed by atoms with Crippen molar-refractivity contribution in [3.8, 4) is 17.1 Å². The lowest BCUT2D eigenvalue weighted by Crippen LogP contribution is -2.13. The van der Waals surface area contributed by atoms with Crippen LogP contribution in [0.25, 0.3) is 11.3 Å². The van der Waals surface area contributed by atoms with Crippen LogP contribution in [0.1, 0.15) is 34.8 Å². The number of nitrogens with zero attached hydrogens (tertiary/aromatic N) is 1. The van der Waals surface area contributed by atoms with Gasteiger partial charge in [-0.1, -0.05) is 0 Å². The number of hydrogen-bond acceptors (Lipinski definition) is 7. The van der Waals surface area contributed by atoms with Gasteiger partial charge in [0.2, 0.25) is 0 Å². The Morgan fingerprint density at radius 1 is 1.06 bits per heavy atom. The maximum Gasteiger partial charge on any atom is 0.338 e. The number of rotatable bonds is 7. The fourth-order valence-electron chi connectivity index (χ4n) is 2.77. The number of hydrogen-bond donors (Lipinski definition) is 1. The predicted octanol–water partition coefficient (Wildman–Crippen LogP) is 4.68. The van der Waals surface area contributed by atoms with Crippen molar-refractivity contribution in [2.45, 2.75) is 20.0 Å². The zero-order valence-electron chi connectivity index (χ0n) is 17.1. The lowest BCUT2D eigenvalue weighted by atomic mass is 10.1. The Bertz CT molecular complexity index is 1120. The van der Waals surface area contributed by atoms with Crippen molar-refractivity contribution in [2.24, 2.45) is 0 Å². The number of carbonyl (C=O) groups excluding carboxylic acids is 2. The van der Waals surface area contributed by atoms with Gasteiger partial charge >= 0.3 is 5.97 Å². The topological polar surface area (TPSA) is 121 Å². The van der Waals surface area contributed by atoms with Crippen molar-refractivity contribution in [3.63, 3.8) is 0 Å². The highest BCUT2D eigenvalue weighted by Crippen LogP contribution is 2.34. The first-order chi connectivity index (χ1) is 14.8. The smallest absolute Gasteiger partial charge is 0.338 e. The van der Waals surface area contributed by atoms with Gasteiger partial charge in [-0.25, -0.2) is 4.79 Å². The Hall–Kier alpha value is -4.14. The van der Waals surface area contributed by atoms with Crippen molar-refractivity contribution in [3.05, 3.63) is 76.0 Å². The number of carbonyl (C=O) groups is 2. The van der Waals surface area contributed by atoms with E-state index in [9.17, 15) is 19.7 Å². The minimum absolute atomic E-state index is 0.0246. The van der Waals surface area contributed by atoms with Crippen LogP contribution in [0.4, 0.5) is 11.4 Å². The van der Waals surface area contributed by atoms with Crippen molar-refractivity contribution in [1.29, 1.82) is 0 Å². The van der Waals surface area contributed by atoms with Gasteiger partial charge in [0.1, 0.15) is 11.5 Å². The number of furan rings is 1. The highest BCUT2D eigenvalue weighted by atomic mass is 16.6. The van der Waals surface area contributed by atoms with Crippen molar-refractivity contribution < 1.29 is 28.4 Å². The molecule has 1 N–H and O–H groups in total. The highest BCUT2D eigenvalue weighted by molar-refractivity contribution is 6.03. The Labute approximate surface area is 177 Å². The van der Waals surface area contributed by atoms with E-state index in [-0.39, 0.29) is 28.9 Å². The van der Waals surface area contributed by atoms with E-state index in [0.717, 1.165) is 0 Å². The lowest BCUT2D eigenvalue weighted by Gasteiger charge is -2.08. The van der Waals surface area contributed by atoms with Gasteiger partial charge in [-0.3, -0.25) is 14.9 Å². The molecule has 0 atom stereocenters. The van der Waals surface area contributed by atoms with Crippen LogP contribution < -0.4 is 10.1 Å². The molecule has 1 amide bonds. The van der Waals surface area contributed by atoms with Gasteiger partial charge in [-0.05, 0) is 62.4 Å². The van der Waals surface area contributed by atoms with E-state index >= 15 is 0 Å². The molecular weight excluding hydrogens is 404 g/mol. The van der Waals surface area contributed by atoms with Crippen LogP contribution >= 0.6 is 0 Å². The van der Waals surface area contributed by atoms with Crippen molar-refractivity contribution in [1.82, 2.24) is 0 Å². The molecule has 1 heterocycles. The number of anilines is 1. The number of nitro groups is 1. The highest BCUT2D eigenvalue weighted by Gasteiger charge is 2.21. The number of methoxy groups -OCH3 is 1. The second kappa shape index (κ2) is 9.12. The van der Waals surface area contributed by atoms with Gasteiger partial charge in [-0.15, -0.1) is 0 Å². The largest absolute Gasteiger partial charge is 0.497 e. The third kappa shape index (κ3) is 5.08. The molecule has 0 aliphatic rings. The molecular formula is C22H20N2O7. The molecule has 0 saturated carbocycles. The van der Waals surface area contributed by atoms with Crippen LogP contribution in [0.2, 0.25) is 0 Å². The van der Waals surface area contributed by atoms with E-state index in [2.05, 4.69) is 5.32 Å². The fraction of sp³-hybridized carbons (Fsp3) is 0.182. The summed E-state index contributed by atoms with van der Waals surface area (Å²) in [4.78, 5) is 35.2. The third-order valence-electron chi connectivity index (χ3n) is 4.22. The predicted molar refractivity (Wildman–Crippen MR) is 112 cm³/mol. The Balaban J connectivity index is 1.75. The quantitative estimate of drug-likeness (QED) is 0.332. The van der Waals surface area contributed by atoms with E-state index in [0.29, 0.717) is 17.0 Å². The summed E-state index contributed by atoms with van der Waals surface area (Å²) in [6.07, 6.45) is -0.235. The number of ether oxygens (including phenoxy) is 2. The number of amides is 1. The van der Waals surface area contributed by atoms with E-state index < -0.39 is 16.8 Å². The van der Waals surface area contributed by atoms with E-state index in [1.54, 1.807) is 32.0 Å². The summed E-state index contributed by atoms with van der Waals surface area (Å²) in [5, 5.41) is 14.0. The average molecular weight is 424 g/mol. The monoisotopic (exact) mass is 424 g/mol.